The van der Waals surface area contributed by atoms with Crippen LogP contribution >= 0.6 is 22.7 Å². The number of aliphatic hydroxyl groups is 1. The zero-order valence-corrected chi connectivity index (χ0v) is 35.0. The number of anilines is 1. The Kier molecular flexibility index (Phi) is 12.6. The highest BCUT2D eigenvalue weighted by Crippen LogP contribution is 2.34. The quantitative estimate of drug-likeness (QED) is 0.121. The van der Waals surface area contributed by atoms with Gasteiger partial charge in [0.05, 0.1) is 52.7 Å². The number of hydrogen-bond donors (Lipinski definition) is 3. The topological polar surface area (TPSA) is 146 Å². The molecule has 7 rings (SSSR count). The third-order valence-corrected chi connectivity index (χ3v) is 13.0. The molecular weight excluding hydrogens is 761 g/mol. The minimum Gasteiger partial charge on any atom is -0.494 e. The number of carbonyl (C=O) groups excluding carboxylic acids is 3. The smallest absolute Gasteiger partial charge is 0.246 e. The first-order valence-electron chi connectivity index (χ1n) is 20.0. The number of benzene rings is 2. The number of morpholine rings is 1. The number of aromatic nitrogens is 2. The number of nitrogens with zero attached hydrogens (tertiary/aromatic N) is 4. The average molecular weight is 815 g/mol. The minimum atomic E-state index is -0.877. The molecule has 5 heterocycles. The molecule has 3 N–H and O–H groups in total. The number of aliphatic hydroxyl groups excluding tert-OH is 1. The van der Waals surface area contributed by atoms with Crippen LogP contribution in [0, 0.1) is 12.3 Å². The van der Waals surface area contributed by atoms with Gasteiger partial charge in [0.1, 0.15) is 17.8 Å². The molecule has 0 saturated carbocycles. The van der Waals surface area contributed by atoms with E-state index in [4.69, 9.17) is 14.5 Å². The Bertz CT molecular complexity index is 2000. The molecule has 2 bridgehead atoms. The molecule has 0 radical (unpaired) electrons. The molecule has 3 amide bonds. The van der Waals surface area contributed by atoms with Gasteiger partial charge in [-0.05, 0) is 80.3 Å². The molecule has 12 nitrogen and oxygen atoms in total. The van der Waals surface area contributed by atoms with Gasteiger partial charge < -0.3 is 35.0 Å². The summed E-state index contributed by atoms with van der Waals surface area (Å²) < 4.78 is 12.0. The van der Waals surface area contributed by atoms with E-state index in [0.29, 0.717) is 31.7 Å². The van der Waals surface area contributed by atoms with Crippen molar-refractivity contribution in [3.63, 3.8) is 0 Å². The summed E-state index contributed by atoms with van der Waals surface area (Å²) in [6.45, 7) is 11.8. The van der Waals surface area contributed by atoms with Crippen molar-refractivity contribution in [1.29, 1.82) is 0 Å². The van der Waals surface area contributed by atoms with Gasteiger partial charge in [-0.1, -0.05) is 45.0 Å². The highest BCUT2D eigenvalue weighted by molar-refractivity contribution is 7.14. The number of unbranched alkanes of at least 4 members (excludes halogenated alkanes) is 1. The van der Waals surface area contributed by atoms with Crippen molar-refractivity contribution in [2.24, 2.45) is 5.41 Å². The fourth-order valence-electron chi connectivity index (χ4n) is 7.86. The van der Waals surface area contributed by atoms with Crippen LogP contribution in [0.2, 0.25) is 0 Å². The molecule has 2 unspecified atom stereocenters. The van der Waals surface area contributed by atoms with Crippen LogP contribution in [0.4, 0.5) is 5.13 Å². The molecule has 2 aromatic heterocycles. The summed E-state index contributed by atoms with van der Waals surface area (Å²) in [5, 5.41) is 19.8. The number of likely N-dealkylation sites (tertiary alicyclic amines) is 1. The number of rotatable bonds is 14. The molecular formula is C43H54N6O6S2. The monoisotopic (exact) mass is 814 g/mol. The predicted molar refractivity (Wildman–Crippen MR) is 223 cm³/mol. The first-order valence-corrected chi connectivity index (χ1v) is 21.8. The van der Waals surface area contributed by atoms with E-state index in [-0.39, 0.29) is 43.1 Å². The van der Waals surface area contributed by atoms with Crippen molar-refractivity contribution in [3.05, 3.63) is 70.7 Å². The molecule has 4 aromatic rings. The fourth-order valence-corrected chi connectivity index (χ4v) is 9.53. The van der Waals surface area contributed by atoms with E-state index in [0.717, 1.165) is 69.8 Å². The number of fused-ring (bicyclic) bond motifs is 2. The van der Waals surface area contributed by atoms with E-state index < -0.39 is 23.6 Å². The molecule has 3 fully saturated rings. The number of thiazole rings is 2. The van der Waals surface area contributed by atoms with Crippen LogP contribution in [0.15, 0.2) is 59.4 Å². The Morgan fingerprint density at radius 2 is 1.67 bits per heavy atom. The van der Waals surface area contributed by atoms with Gasteiger partial charge in [-0.15, -0.1) is 22.7 Å². The Balaban J connectivity index is 0.864. The first kappa shape index (κ1) is 40.8. The number of amides is 3. The van der Waals surface area contributed by atoms with E-state index in [1.165, 1.54) is 4.90 Å². The normalized spacial score (nSPS) is 21.6. The van der Waals surface area contributed by atoms with Crippen LogP contribution < -0.4 is 20.3 Å². The van der Waals surface area contributed by atoms with Crippen LogP contribution in [0.25, 0.3) is 21.7 Å². The summed E-state index contributed by atoms with van der Waals surface area (Å²) in [6.07, 6.45) is 3.66. The third-order valence-electron chi connectivity index (χ3n) is 11.1. The Hall–Kier alpha value is -4.37. The highest BCUT2D eigenvalue weighted by atomic mass is 32.1. The SMILES string of the molecule is Cc1ncsc1-c1ccc([C@H](C)NC(=O)[C@@H]2C[C@@H](O)CN2C(=O)[C@@H](NC(=O)CCCCOc2ccc(-c3csc(N4CC5CCC(C4)O5)n3)cc2)C(C)(C)C)cc1. The first-order chi connectivity index (χ1) is 27.3. The lowest BCUT2D eigenvalue weighted by molar-refractivity contribution is -0.144. The van der Waals surface area contributed by atoms with Crippen molar-refractivity contribution >= 4 is 45.5 Å². The van der Waals surface area contributed by atoms with Crippen molar-refractivity contribution in [3.8, 4) is 27.4 Å². The van der Waals surface area contributed by atoms with Crippen molar-refractivity contribution in [1.82, 2.24) is 25.5 Å². The van der Waals surface area contributed by atoms with Gasteiger partial charge in [-0.3, -0.25) is 14.4 Å². The van der Waals surface area contributed by atoms with Crippen LogP contribution in [0.5, 0.6) is 5.75 Å². The lowest BCUT2D eigenvalue weighted by Gasteiger charge is -2.35. The standard InChI is InChI=1S/C43H54N6O6S2/c1-26(28-9-11-30(12-10-28)38-27(2)44-25-57-38)45-40(52)36-20-31(50)21-49(36)41(53)39(43(3,4)5)47-37(51)8-6-7-19-54-32-15-13-29(14-16-32)35-24-56-42(46-35)48-22-33-17-18-34(23-48)55-33/h9-16,24-26,31,33-34,36,39,50H,6-8,17-23H2,1-5H3,(H,45,52)(H,47,51)/t26-,31+,33?,34?,36-,39+/m0/s1. The molecule has 304 valence electrons. The largest absolute Gasteiger partial charge is 0.494 e. The van der Waals surface area contributed by atoms with Crippen LogP contribution in [0.1, 0.15) is 83.5 Å². The van der Waals surface area contributed by atoms with Gasteiger partial charge in [-0.2, -0.15) is 0 Å². The van der Waals surface area contributed by atoms with Crippen molar-refractivity contribution < 1.29 is 29.0 Å². The second-order valence-corrected chi connectivity index (χ2v) is 18.3. The lowest BCUT2D eigenvalue weighted by Crippen LogP contribution is -2.57. The number of ether oxygens (including phenoxy) is 2. The predicted octanol–water partition coefficient (Wildman–Crippen LogP) is 6.53. The van der Waals surface area contributed by atoms with Gasteiger partial charge in [0, 0.05) is 43.4 Å². The maximum atomic E-state index is 14.1. The van der Waals surface area contributed by atoms with E-state index >= 15 is 0 Å². The van der Waals surface area contributed by atoms with Crippen molar-refractivity contribution in [2.45, 2.75) is 110 Å². The van der Waals surface area contributed by atoms with E-state index in [2.05, 4.69) is 25.9 Å². The molecule has 0 spiro atoms. The summed E-state index contributed by atoms with van der Waals surface area (Å²) in [7, 11) is 0. The van der Waals surface area contributed by atoms with Gasteiger partial charge in [-0.25, -0.2) is 9.97 Å². The molecule has 6 atom stereocenters. The summed E-state index contributed by atoms with van der Waals surface area (Å²) in [6, 6.07) is 13.9. The number of aryl methyl sites for hydroxylation is 1. The Morgan fingerprint density at radius 1 is 0.965 bits per heavy atom. The molecule has 3 aliphatic rings. The van der Waals surface area contributed by atoms with Gasteiger partial charge >= 0.3 is 0 Å². The molecule has 0 aliphatic carbocycles. The minimum absolute atomic E-state index is 0.0228. The van der Waals surface area contributed by atoms with Gasteiger partial charge in [0.25, 0.3) is 0 Å². The zero-order valence-electron chi connectivity index (χ0n) is 33.4. The Morgan fingerprint density at radius 3 is 2.33 bits per heavy atom. The van der Waals surface area contributed by atoms with E-state index in [9.17, 15) is 19.5 Å². The van der Waals surface area contributed by atoms with Crippen LogP contribution in [-0.4, -0.2) is 94.3 Å². The van der Waals surface area contributed by atoms with Gasteiger partial charge in [0.15, 0.2) is 5.13 Å². The van der Waals surface area contributed by atoms with Gasteiger partial charge in [0.2, 0.25) is 17.7 Å². The Labute approximate surface area is 343 Å². The molecule has 57 heavy (non-hydrogen) atoms. The summed E-state index contributed by atoms with van der Waals surface area (Å²) in [5.41, 5.74) is 6.14. The maximum Gasteiger partial charge on any atom is 0.246 e. The molecule has 2 aromatic carbocycles. The van der Waals surface area contributed by atoms with E-state index in [1.54, 1.807) is 22.7 Å². The second-order valence-electron chi connectivity index (χ2n) is 16.6. The molecule has 3 aliphatic heterocycles. The molecule has 3 saturated heterocycles. The van der Waals surface area contributed by atoms with Crippen LogP contribution in [-0.2, 0) is 19.1 Å². The summed E-state index contributed by atoms with van der Waals surface area (Å²) in [4.78, 5) is 55.0. The molecule has 14 heteroatoms. The second kappa shape index (κ2) is 17.6. The summed E-state index contributed by atoms with van der Waals surface area (Å²) >= 11 is 3.26. The maximum absolute atomic E-state index is 14.1. The van der Waals surface area contributed by atoms with Crippen LogP contribution in [0.3, 0.4) is 0 Å². The summed E-state index contributed by atoms with van der Waals surface area (Å²) in [5.74, 6) is -0.206. The zero-order chi connectivity index (χ0) is 40.3. The number of hydrogen-bond acceptors (Lipinski definition) is 11. The third kappa shape index (κ3) is 9.85. The number of nitrogens with one attached hydrogen (secondary N) is 2. The fraction of sp³-hybridized carbons (Fsp3) is 0.512. The van der Waals surface area contributed by atoms with E-state index in [1.807, 2.05) is 88.7 Å². The number of carbonyl (C=O) groups is 3. The average Bonchev–Trinajstić information content (AvgIpc) is 4.00. The lowest BCUT2D eigenvalue weighted by atomic mass is 9.85. The number of β-amino-alcohol motifs (C(OH)–C–C–N with tert-alkyl or cyclic N) is 1. The van der Waals surface area contributed by atoms with Crippen molar-refractivity contribution in [2.75, 3.05) is 31.1 Å². The highest BCUT2D eigenvalue weighted by Gasteiger charge is 2.44.